The van der Waals surface area contributed by atoms with Gasteiger partial charge < -0.3 is 9.84 Å². The van der Waals surface area contributed by atoms with Crippen molar-refractivity contribution in [1.29, 1.82) is 0 Å². The Labute approximate surface area is 116 Å². The summed E-state index contributed by atoms with van der Waals surface area (Å²) in [5, 5.41) is 9.61. The molecule has 0 bridgehead atoms. The number of aliphatic hydroxyl groups is 1. The average molecular weight is 263 g/mol. The lowest BCUT2D eigenvalue weighted by Crippen LogP contribution is -2.36. The lowest BCUT2D eigenvalue weighted by Gasteiger charge is -2.33. The van der Waals surface area contributed by atoms with Crippen LogP contribution in [0.4, 0.5) is 0 Å². The molecule has 3 heteroatoms. The molecule has 2 rings (SSSR count). The minimum Gasteiger partial charge on any atom is -0.494 e. The Morgan fingerprint density at radius 1 is 1.37 bits per heavy atom. The van der Waals surface area contributed by atoms with Crippen LogP contribution in [0.1, 0.15) is 32.3 Å². The molecule has 0 amide bonds. The van der Waals surface area contributed by atoms with Gasteiger partial charge in [-0.1, -0.05) is 12.1 Å². The molecular weight excluding hydrogens is 238 g/mol. The number of hydrogen-bond acceptors (Lipinski definition) is 3. The van der Waals surface area contributed by atoms with Crippen molar-refractivity contribution >= 4 is 0 Å². The summed E-state index contributed by atoms with van der Waals surface area (Å²) < 4.78 is 5.53. The van der Waals surface area contributed by atoms with Crippen LogP contribution in [0.25, 0.3) is 0 Å². The number of rotatable bonds is 5. The normalized spacial score (nSPS) is 19.3. The second kappa shape index (κ2) is 6.92. The molecule has 3 nitrogen and oxygen atoms in total. The van der Waals surface area contributed by atoms with Crippen molar-refractivity contribution in [3.63, 3.8) is 0 Å². The Kier molecular flexibility index (Phi) is 5.23. The number of benzene rings is 1. The van der Waals surface area contributed by atoms with Crippen molar-refractivity contribution in [3.05, 3.63) is 29.8 Å². The van der Waals surface area contributed by atoms with Gasteiger partial charge in [0.05, 0.1) is 12.7 Å². The first-order chi connectivity index (χ1) is 9.19. The molecule has 1 aliphatic heterocycles. The molecule has 1 atom stereocenters. The van der Waals surface area contributed by atoms with Crippen molar-refractivity contribution < 1.29 is 9.84 Å². The van der Waals surface area contributed by atoms with Crippen LogP contribution in [0.2, 0.25) is 0 Å². The van der Waals surface area contributed by atoms with Crippen molar-refractivity contribution in [2.75, 3.05) is 19.7 Å². The highest BCUT2D eigenvalue weighted by Crippen LogP contribution is 2.22. The molecule has 1 unspecified atom stereocenters. The Hall–Kier alpha value is -1.06. The van der Waals surface area contributed by atoms with E-state index in [4.69, 9.17) is 4.74 Å². The minimum atomic E-state index is -0.163. The summed E-state index contributed by atoms with van der Waals surface area (Å²) in [5.41, 5.74) is 1.31. The van der Waals surface area contributed by atoms with Gasteiger partial charge in [-0.3, -0.25) is 4.90 Å². The quantitative estimate of drug-likeness (QED) is 0.886. The summed E-state index contributed by atoms with van der Waals surface area (Å²) in [5.74, 6) is 1.44. The number of aliphatic hydroxyl groups excluding tert-OH is 1. The van der Waals surface area contributed by atoms with E-state index in [1.165, 1.54) is 5.56 Å². The molecule has 0 saturated carbocycles. The Morgan fingerprint density at radius 2 is 2.11 bits per heavy atom. The molecule has 0 radical (unpaired) electrons. The van der Waals surface area contributed by atoms with E-state index in [1.807, 2.05) is 19.9 Å². The fourth-order valence-electron chi connectivity index (χ4n) is 2.75. The summed E-state index contributed by atoms with van der Waals surface area (Å²) in [6.45, 7) is 7.76. The molecule has 1 heterocycles. The second-order valence-corrected chi connectivity index (χ2v) is 5.43. The van der Waals surface area contributed by atoms with E-state index < -0.39 is 0 Å². The molecule has 0 aromatic heterocycles. The van der Waals surface area contributed by atoms with Gasteiger partial charge in [-0.25, -0.2) is 0 Å². The van der Waals surface area contributed by atoms with E-state index in [0.29, 0.717) is 12.5 Å². The first-order valence-electron chi connectivity index (χ1n) is 7.31. The molecule has 1 saturated heterocycles. The SMILES string of the molecule is CCOc1cccc(CN2CCC(C(C)O)CC2)c1. The van der Waals surface area contributed by atoms with Crippen LogP contribution in [0, 0.1) is 5.92 Å². The highest BCUT2D eigenvalue weighted by molar-refractivity contribution is 5.28. The molecule has 1 fully saturated rings. The van der Waals surface area contributed by atoms with Gasteiger partial charge in [-0.15, -0.1) is 0 Å². The Balaban J connectivity index is 1.86. The summed E-state index contributed by atoms with van der Waals surface area (Å²) in [6, 6.07) is 8.35. The summed E-state index contributed by atoms with van der Waals surface area (Å²) >= 11 is 0. The fraction of sp³-hybridized carbons (Fsp3) is 0.625. The minimum absolute atomic E-state index is 0.163. The van der Waals surface area contributed by atoms with Crippen LogP contribution < -0.4 is 4.74 Å². The van der Waals surface area contributed by atoms with Crippen molar-refractivity contribution in [2.24, 2.45) is 5.92 Å². The zero-order valence-corrected chi connectivity index (χ0v) is 12.0. The first-order valence-corrected chi connectivity index (χ1v) is 7.31. The van der Waals surface area contributed by atoms with Crippen LogP contribution in [0.15, 0.2) is 24.3 Å². The molecule has 1 aromatic rings. The van der Waals surface area contributed by atoms with E-state index >= 15 is 0 Å². The van der Waals surface area contributed by atoms with Crippen LogP contribution in [0.5, 0.6) is 5.75 Å². The van der Waals surface area contributed by atoms with Gasteiger partial charge in [-0.05, 0) is 63.4 Å². The lowest BCUT2D eigenvalue weighted by molar-refractivity contribution is 0.0695. The zero-order valence-electron chi connectivity index (χ0n) is 12.0. The summed E-state index contributed by atoms with van der Waals surface area (Å²) in [7, 11) is 0. The number of nitrogens with zero attached hydrogens (tertiary/aromatic N) is 1. The number of hydrogen-bond donors (Lipinski definition) is 1. The molecule has 0 spiro atoms. The smallest absolute Gasteiger partial charge is 0.119 e. The van der Waals surface area contributed by atoms with E-state index in [1.54, 1.807) is 0 Å². The largest absolute Gasteiger partial charge is 0.494 e. The van der Waals surface area contributed by atoms with Gasteiger partial charge in [-0.2, -0.15) is 0 Å². The van der Waals surface area contributed by atoms with Crippen molar-refractivity contribution in [2.45, 2.75) is 39.3 Å². The molecule has 106 valence electrons. The lowest BCUT2D eigenvalue weighted by atomic mass is 9.92. The van der Waals surface area contributed by atoms with Crippen LogP contribution in [-0.4, -0.2) is 35.8 Å². The third kappa shape index (κ3) is 4.22. The maximum atomic E-state index is 9.61. The number of likely N-dealkylation sites (tertiary alicyclic amines) is 1. The highest BCUT2D eigenvalue weighted by atomic mass is 16.5. The molecule has 1 N–H and O–H groups in total. The predicted molar refractivity (Wildman–Crippen MR) is 77.3 cm³/mol. The highest BCUT2D eigenvalue weighted by Gasteiger charge is 2.22. The van der Waals surface area contributed by atoms with E-state index in [0.717, 1.165) is 38.2 Å². The summed E-state index contributed by atoms with van der Waals surface area (Å²) in [4.78, 5) is 2.46. The van der Waals surface area contributed by atoms with E-state index in [-0.39, 0.29) is 6.10 Å². The van der Waals surface area contributed by atoms with Crippen molar-refractivity contribution in [1.82, 2.24) is 4.90 Å². The maximum absolute atomic E-state index is 9.61. The Morgan fingerprint density at radius 3 is 2.74 bits per heavy atom. The first kappa shape index (κ1) is 14.4. The number of ether oxygens (including phenoxy) is 1. The molecular formula is C16H25NO2. The molecule has 1 aromatic carbocycles. The third-order valence-corrected chi connectivity index (χ3v) is 3.93. The molecule has 1 aliphatic rings. The predicted octanol–water partition coefficient (Wildman–Crippen LogP) is 2.68. The Bertz CT molecular complexity index is 384. The van der Waals surface area contributed by atoms with Gasteiger partial charge in [0, 0.05) is 6.54 Å². The van der Waals surface area contributed by atoms with Gasteiger partial charge in [0.2, 0.25) is 0 Å². The van der Waals surface area contributed by atoms with Gasteiger partial charge in [0.1, 0.15) is 5.75 Å². The van der Waals surface area contributed by atoms with Gasteiger partial charge >= 0.3 is 0 Å². The van der Waals surface area contributed by atoms with Gasteiger partial charge in [0.15, 0.2) is 0 Å². The number of piperidine rings is 1. The fourth-order valence-corrected chi connectivity index (χ4v) is 2.75. The molecule has 0 aliphatic carbocycles. The third-order valence-electron chi connectivity index (χ3n) is 3.93. The van der Waals surface area contributed by atoms with Gasteiger partial charge in [0.25, 0.3) is 0 Å². The van der Waals surface area contributed by atoms with Crippen LogP contribution in [-0.2, 0) is 6.54 Å². The maximum Gasteiger partial charge on any atom is 0.119 e. The topological polar surface area (TPSA) is 32.7 Å². The summed E-state index contributed by atoms with van der Waals surface area (Å²) in [6.07, 6.45) is 2.04. The zero-order chi connectivity index (χ0) is 13.7. The van der Waals surface area contributed by atoms with Crippen LogP contribution in [0.3, 0.4) is 0 Å². The standard InChI is InChI=1S/C16H25NO2/c1-3-19-16-6-4-5-14(11-16)12-17-9-7-15(8-10-17)13(2)18/h4-6,11,13,15,18H,3,7-10,12H2,1-2H3. The molecule has 19 heavy (non-hydrogen) atoms. The monoisotopic (exact) mass is 263 g/mol. The van der Waals surface area contributed by atoms with E-state index in [9.17, 15) is 5.11 Å². The van der Waals surface area contributed by atoms with Crippen LogP contribution >= 0.6 is 0 Å². The second-order valence-electron chi connectivity index (χ2n) is 5.43. The van der Waals surface area contributed by atoms with Crippen molar-refractivity contribution in [3.8, 4) is 5.75 Å². The average Bonchev–Trinajstić information content (AvgIpc) is 2.40. The van der Waals surface area contributed by atoms with E-state index in [2.05, 4.69) is 23.1 Å².